The summed E-state index contributed by atoms with van der Waals surface area (Å²) in [6.45, 7) is 2.04. The number of nitrogens with zero attached hydrogens (tertiary/aromatic N) is 2. The van der Waals surface area contributed by atoms with E-state index in [-0.39, 0.29) is 42.7 Å². The summed E-state index contributed by atoms with van der Waals surface area (Å²) in [7, 11) is 0. The van der Waals surface area contributed by atoms with Gasteiger partial charge in [0.2, 0.25) is 5.91 Å². The molecule has 2 aliphatic heterocycles. The van der Waals surface area contributed by atoms with Crippen LogP contribution in [0.2, 0.25) is 0 Å². The second kappa shape index (κ2) is 8.28. The van der Waals surface area contributed by atoms with Gasteiger partial charge in [-0.15, -0.1) is 0 Å². The van der Waals surface area contributed by atoms with E-state index >= 15 is 0 Å². The van der Waals surface area contributed by atoms with Crippen LogP contribution in [0.5, 0.6) is 0 Å². The van der Waals surface area contributed by atoms with Crippen molar-refractivity contribution in [2.45, 2.75) is 24.9 Å². The highest BCUT2D eigenvalue weighted by Gasteiger charge is 2.54. The molecule has 2 aliphatic rings. The first kappa shape index (κ1) is 20.1. The lowest BCUT2D eigenvalue weighted by Gasteiger charge is -2.58. The maximum absolute atomic E-state index is 13.9. The molecule has 0 aromatic heterocycles. The third-order valence-corrected chi connectivity index (χ3v) is 5.84. The molecule has 7 heteroatoms. The van der Waals surface area contributed by atoms with Gasteiger partial charge in [0.05, 0.1) is 24.4 Å². The number of carbonyl (C=O) groups excluding carboxylic acids is 2. The van der Waals surface area contributed by atoms with Crippen molar-refractivity contribution >= 4 is 23.7 Å². The molecule has 0 aliphatic carbocycles. The van der Waals surface area contributed by atoms with E-state index in [4.69, 9.17) is 0 Å². The van der Waals surface area contributed by atoms with Gasteiger partial charge in [0.15, 0.2) is 0 Å². The summed E-state index contributed by atoms with van der Waals surface area (Å²) < 4.78 is 13.9. The van der Waals surface area contributed by atoms with Crippen molar-refractivity contribution in [3.05, 3.63) is 71.6 Å². The number of carbonyl (C=O) groups is 2. The number of nitrogens with one attached hydrogen (secondary N) is 1. The van der Waals surface area contributed by atoms with Crippen molar-refractivity contribution in [2.24, 2.45) is 0 Å². The van der Waals surface area contributed by atoms with E-state index in [1.165, 1.54) is 17.0 Å². The third kappa shape index (κ3) is 3.57. The number of hydrogen-bond acceptors (Lipinski definition) is 3. The van der Waals surface area contributed by atoms with Crippen LogP contribution in [0.1, 0.15) is 24.0 Å². The number of halogens is 1. The summed E-state index contributed by atoms with van der Waals surface area (Å²) in [5, 5.41) is 12.4. The summed E-state index contributed by atoms with van der Waals surface area (Å²) in [6.07, 6.45) is 3.96. The Bertz CT molecular complexity index is 976. The van der Waals surface area contributed by atoms with Crippen LogP contribution < -0.4 is 5.32 Å². The number of aliphatic hydroxyl groups excluding tert-OH is 1. The van der Waals surface area contributed by atoms with E-state index < -0.39 is 11.8 Å². The maximum Gasteiger partial charge on any atom is 0.322 e. The smallest absolute Gasteiger partial charge is 0.322 e. The average molecular weight is 409 g/mol. The Morgan fingerprint density at radius 1 is 1.23 bits per heavy atom. The molecule has 0 unspecified atom stereocenters. The Balaban J connectivity index is 1.52. The number of urea groups is 1. The zero-order valence-electron chi connectivity index (χ0n) is 16.7. The number of rotatable bonds is 4. The van der Waals surface area contributed by atoms with Gasteiger partial charge in [-0.1, -0.05) is 48.6 Å². The van der Waals surface area contributed by atoms with Gasteiger partial charge in [0, 0.05) is 12.5 Å². The van der Waals surface area contributed by atoms with E-state index in [0.717, 1.165) is 11.1 Å². The minimum atomic E-state index is -0.529. The summed E-state index contributed by atoms with van der Waals surface area (Å²) in [4.78, 5) is 28.4. The van der Waals surface area contributed by atoms with E-state index in [2.05, 4.69) is 5.32 Å². The zero-order chi connectivity index (χ0) is 21.3. The zero-order valence-corrected chi connectivity index (χ0v) is 16.7. The molecule has 2 heterocycles. The molecule has 2 aromatic rings. The lowest BCUT2D eigenvalue weighted by molar-refractivity contribution is -0.159. The number of benzene rings is 2. The molecule has 0 saturated carbocycles. The van der Waals surface area contributed by atoms with Crippen LogP contribution in [-0.4, -0.2) is 58.6 Å². The summed E-state index contributed by atoms with van der Waals surface area (Å²) in [5.41, 5.74) is 2.17. The molecule has 6 nitrogen and oxygen atoms in total. The van der Waals surface area contributed by atoms with Gasteiger partial charge in [-0.2, -0.15) is 0 Å². The average Bonchev–Trinajstić information content (AvgIpc) is 2.72. The second-order valence-corrected chi connectivity index (χ2v) is 7.60. The summed E-state index contributed by atoms with van der Waals surface area (Å²) in [6, 6.07) is 12.9. The SMILES string of the molecule is C/C=C/c1ccc([C@H]2[C@@H](CO)N3C(=O)CN(C(=O)Nc4ccccc4F)C[C@@H]23)cc1. The molecule has 2 saturated heterocycles. The molecule has 2 aromatic carbocycles. The predicted molar refractivity (Wildman–Crippen MR) is 112 cm³/mol. The molecule has 2 fully saturated rings. The Morgan fingerprint density at radius 3 is 2.63 bits per heavy atom. The monoisotopic (exact) mass is 409 g/mol. The number of amides is 3. The molecule has 0 radical (unpaired) electrons. The van der Waals surface area contributed by atoms with Crippen LogP contribution in [0.3, 0.4) is 0 Å². The number of hydrogen-bond donors (Lipinski definition) is 2. The van der Waals surface area contributed by atoms with Gasteiger partial charge >= 0.3 is 6.03 Å². The molecule has 0 bridgehead atoms. The number of aliphatic hydroxyl groups is 1. The van der Waals surface area contributed by atoms with Crippen LogP contribution in [-0.2, 0) is 4.79 Å². The van der Waals surface area contributed by atoms with Gasteiger partial charge in [-0.3, -0.25) is 4.79 Å². The molecule has 30 heavy (non-hydrogen) atoms. The highest BCUT2D eigenvalue weighted by molar-refractivity contribution is 5.94. The van der Waals surface area contributed by atoms with Gasteiger partial charge in [-0.25, -0.2) is 9.18 Å². The van der Waals surface area contributed by atoms with Crippen molar-refractivity contribution in [2.75, 3.05) is 25.0 Å². The standard InChI is InChI=1S/C23H24FN3O3/c1-2-5-15-8-10-16(11-9-15)22-19-12-26(13-21(29)27(19)20(22)14-28)23(30)25-18-7-4-3-6-17(18)24/h2-11,19-20,22,28H,12-14H2,1H3,(H,25,30)/b5-2+/t19-,20+,22+/m0/s1. The van der Waals surface area contributed by atoms with Crippen LogP contribution in [0.4, 0.5) is 14.9 Å². The van der Waals surface area contributed by atoms with Crippen molar-refractivity contribution in [1.82, 2.24) is 9.80 Å². The Hall–Kier alpha value is -3.19. The Kier molecular flexibility index (Phi) is 5.55. The van der Waals surface area contributed by atoms with Crippen LogP contribution in [0, 0.1) is 5.82 Å². The fourth-order valence-corrected chi connectivity index (χ4v) is 4.43. The quantitative estimate of drug-likeness (QED) is 0.815. The van der Waals surface area contributed by atoms with E-state index in [0.29, 0.717) is 6.54 Å². The minimum Gasteiger partial charge on any atom is -0.394 e. The van der Waals surface area contributed by atoms with Gasteiger partial charge in [0.1, 0.15) is 12.4 Å². The number of allylic oxidation sites excluding steroid dienone is 1. The van der Waals surface area contributed by atoms with E-state index in [1.54, 1.807) is 17.0 Å². The minimum absolute atomic E-state index is 0.0670. The van der Waals surface area contributed by atoms with Crippen LogP contribution >= 0.6 is 0 Å². The first-order valence-electron chi connectivity index (χ1n) is 9.98. The van der Waals surface area contributed by atoms with Crippen molar-refractivity contribution in [3.63, 3.8) is 0 Å². The Morgan fingerprint density at radius 2 is 1.97 bits per heavy atom. The first-order chi connectivity index (χ1) is 14.5. The Labute approximate surface area is 174 Å². The van der Waals surface area contributed by atoms with Crippen molar-refractivity contribution in [3.8, 4) is 0 Å². The van der Waals surface area contributed by atoms with E-state index in [1.807, 2.05) is 43.3 Å². The largest absolute Gasteiger partial charge is 0.394 e. The second-order valence-electron chi connectivity index (χ2n) is 7.60. The highest BCUT2D eigenvalue weighted by Crippen LogP contribution is 2.43. The summed E-state index contributed by atoms with van der Waals surface area (Å²) in [5.74, 6) is -0.808. The molecule has 3 atom stereocenters. The summed E-state index contributed by atoms with van der Waals surface area (Å²) >= 11 is 0. The molecular weight excluding hydrogens is 385 g/mol. The lowest BCUT2D eigenvalue weighted by atomic mass is 9.73. The van der Waals surface area contributed by atoms with Crippen molar-refractivity contribution in [1.29, 1.82) is 0 Å². The topological polar surface area (TPSA) is 72.9 Å². The fourth-order valence-electron chi connectivity index (χ4n) is 4.43. The molecule has 4 rings (SSSR count). The molecule has 0 spiro atoms. The highest BCUT2D eigenvalue weighted by atomic mass is 19.1. The molecular formula is C23H24FN3O3. The van der Waals surface area contributed by atoms with Crippen molar-refractivity contribution < 1.29 is 19.1 Å². The molecule has 3 amide bonds. The fraction of sp³-hybridized carbons (Fsp3) is 0.304. The first-order valence-corrected chi connectivity index (χ1v) is 9.98. The number of para-hydroxylation sites is 1. The number of fused-ring (bicyclic) bond motifs is 1. The lowest BCUT2D eigenvalue weighted by Crippen LogP contribution is -2.73. The predicted octanol–water partition coefficient (Wildman–Crippen LogP) is 3.06. The van der Waals surface area contributed by atoms with Gasteiger partial charge < -0.3 is 20.2 Å². The van der Waals surface area contributed by atoms with Crippen LogP contribution in [0.25, 0.3) is 6.08 Å². The van der Waals surface area contributed by atoms with Gasteiger partial charge in [-0.05, 0) is 30.2 Å². The van der Waals surface area contributed by atoms with E-state index in [9.17, 15) is 19.1 Å². The normalized spacial score (nSPS) is 23.3. The molecule has 156 valence electrons. The van der Waals surface area contributed by atoms with Gasteiger partial charge in [0.25, 0.3) is 0 Å². The number of anilines is 1. The third-order valence-electron chi connectivity index (χ3n) is 5.84. The molecule has 2 N–H and O–H groups in total. The maximum atomic E-state index is 13.9. The van der Waals surface area contributed by atoms with Crippen LogP contribution in [0.15, 0.2) is 54.6 Å². The number of piperazine rings is 1.